The minimum absolute atomic E-state index is 0.289. The van der Waals surface area contributed by atoms with E-state index in [-0.39, 0.29) is 5.41 Å². The summed E-state index contributed by atoms with van der Waals surface area (Å²) >= 11 is 3.88. The SMILES string of the molecule is Brc1cccc2c1-c1ccccc1C21c2ccccc2-c2ccc3ccccc3c21. The smallest absolute Gasteiger partial charge is 0.0619 e. The molecule has 0 nitrogen and oxygen atoms in total. The van der Waals surface area contributed by atoms with Crippen molar-refractivity contribution in [3.05, 3.63) is 130 Å². The molecule has 0 N–H and O–H groups in total. The van der Waals surface area contributed by atoms with Crippen LogP contribution in [0.5, 0.6) is 0 Å². The van der Waals surface area contributed by atoms with E-state index in [2.05, 4.69) is 119 Å². The molecule has 0 bridgehead atoms. The number of hydrogen-bond donors (Lipinski definition) is 0. The molecule has 1 spiro atoms. The third kappa shape index (κ3) is 1.79. The average Bonchev–Trinajstić information content (AvgIpc) is 3.27. The maximum Gasteiger partial charge on any atom is 0.0731 e. The Morgan fingerprint density at radius 3 is 2.03 bits per heavy atom. The van der Waals surface area contributed by atoms with Crippen molar-refractivity contribution >= 4 is 26.7 Å². The van der Waals surface area contributed by atoms with Crippen LogP contribution < -0.4 is 0 Å². The van der Waals surface area contributed by atoms with E-state index < -0.39 is 0 Å². The van der Waals surface area contributed by atoms with E-state index in [1.807, 2.05) is 0 Å². The van der Waals surface area contributed by atoms with Gasteiger partial charge in [-0.1, -0.05) is 113 Å². The predicted molar refractivity (Wildman–Crippen MR) is 128 cm³/mol. The lowest BCUT2D eigenvalue weighted by Crippen LogP contribution is -2.26. The zero-order valence-electron chi connectivity index (χ0n) is 16.2. The molecule has 140 valence electrons. The van der Waals surface area contributed by atoms with Gasteiger partial charge >= 0.3 is 0 Å². The molecular formula is C29H17Br. The molecular weight excluding hydrogens is 428 g/mol. The van der Waals surface area contributed by atoms with Crippen LogP contribution in [0, 0.1) is 0 Å². The second-order valence-electron chi connectivity index (χ2n) is 8.21. The predicted octanol–water partition coefficient (Wildman–Crippen LogP) is 7.95. The Labute approximate surface area is 184 Å². The minimum atomic E-state index is -0.289. The molecule has 1 heteroatoms. The number of halogens is 1. The summed E-state index contributed by atoms with van der Waals surface area (Å²) in [6.45, 7) is 0. The molecule has 30 heavy (non-hydrogen) atoms. The Bertz CT molecular complexity index is 1510. The highest BCUT2D eigenvalue weighted by molar-refractivity contribution is 9.10. The van der Waals surface area contributed by atoms with Crippen molar-refractivity contribution in [1.82, 2.24) is 0 Å². The fourth-order valence-corrected chi connectivity index (χ4v) is 6.50. The number of rotatable bonds is 0. The molecule has 1 atom stereocenters. The molecule has 7 rings (SSSR count). The summed E-state index contributed by atoms with van der Waals surface area (Å²) in [6, 6.07) is 38.0. The Morgan fingerprint density at radius 2 is 1.17 bits per heavy atom. The first-order valence-corrected chi connectivity index (χ1v) is 11.1. The molecule has 0 aliphatic heterocycles. The van der Waals surface area contributed by atoms with Crippen molar-refractivity contribution in [3.63, 3.8) is 0 Å². The monoisotopic (exact) mass is 444 g/mol. The third-order valence-electron chi connectivity index (χ3n) is 6.94. The van der Waals surface area contributed by atoms with Crippen LogP contribution in [0.4, 0.5) is 0 Å². The number of hydrogen-bond acceptors (Lipinski definition) is 0. The van der Waals surface area contributed by atoms with E-state index in [9.17, 15) is 0 Å². The summed E-state index contributed by atoms with van der Waals surface area (Å²) < 4.78 is 1.16. The summed E-state index contributed by atoms with van der Waals surface area (Å²) in [4.78, 5) is 0. The van der Waals surface area contributed by atoms with Crippen molar-refractivity contribution in [2.45, 2.75) is 5.41 Å². The van der Waals surface area contributed by atoms with E-state index in [1.165, 1.54) is 55.3 Å². The molecule has 0 saturated heterocycles. The Morgan fingerprint density at radius 1 is 0.500 bits per heavy atom. The van der Waals surface area contributed by atoms with Gasteiger partial charge in [0.15, 0.2) is 0 Å². The molecule has 5 aromatic rings. The van der Waals surface area contributed by atoms with Crippen molar-refractivity contribution < 1.29 is 0 Å². The maximum atomic E-state index is 3.88. The highest BCUT2D eigenvalue weighted by atomic mass is 79.9. The zero-order chi connectivity index (χ0) is 19.9. The van der Waals surface area contributed by atoms with Gasteiger partial charge < -0.3 is 0 Å². The zero-order valence-corrected chi connectivity index (χ0v) is 17.8. The maximum absolute atomic E-state index is 3.88. The molecule has 0 heterocycles. The fraction of sp³-hybridized carbons (Fsp3) is 0.0345. The van der Waals surface area contributed by atoms with Crippen LogP contribution in [0.25, 0.3) is 33.0 Å². The Hall–Kier alpha value is -3.16. The van der Waals surface area contributed by atoms with Gasteiger partial charge in [0.25, 0.3) is 0 Å². The first-order valence-electron chi connectivity index (χ1n) is 10.3. The first kappa shape index (κ1) is 16.6. The van der Waals surface area contributed by atoms with Gasteiger partial charge in [0.1, 0.15) is 0 Å². The molecule has 1 unspecified atom stereocenters. The second kappa shape index (κ2) is 5.71. The summed E-state index contributed by atoms with van der Waals surface area (Å²) in [5, 5.41) is 2.64. The Kier molecular flexibility index (Phi) is 3.16. The molecule has 2 aliphatic carbocycles. The van der Waals surface area contributed by atoms with Gasteiger partial charge in [0.05, 0.1) is 5.41 Å². The standard InChI is InChI=1S/C29H17Br/c30-26-15-7-14-25-27(26)22-11-4-6-13-24(22)29(25)23-12-5-3-10-20(23)21-17-16-18-8-1-2-9-19(18)28(21)29/h1-17H. The van der Waals surface area contributed by atoms with E-state index in [4.69, 9.17) is 0 Å². The highest BCUT2D eigenvalue weighted by Crippen LogP contribution is 2.64. The van der Waals surface area contributed by atoms with Crippen LogP contribution >= 0.6 is 15.9 Å². The van der Waals surface area contributed by atoms with E-state index in [1.54, 1.807) is 0 Å². The van der Waals surface area contributed by atoms with Crippen molar-refractivity contribution in [2.24, 2.45) is 0 Å². The van der Waals surface area contributed by atoms with Gasteiger partial charge in [-0.15, -0.1) is 0 Å². The Balaban J connectivity index is 1.79. The molecule has 0 radical (unpaired) electrons. The molecule has 0 amide bonds. The fourth-order valence-electron chi connectivity index (χ4n) is 5.92. The second-order valence-corrected chi connectivity index (χ2v) is 9.07. The molecule has 0 saturated carbocycles. The van der Waals surface area contributed by atoms with E-state index >= 15 is 0 Å². The topological polar surface area (TPSA) is 0 Å². The molecule has 0 aromatic heterocycles. The summed E-state index contributed by atoms with van der Waals surface area (Å²) in [5.41, 5.74) is 10.6. The van der Waals surface area contributed by atoms with Crippen LogP contribution in [0.2, 0.25) is 0 Å². The van der Waals surface area contributed by atoms with Gasteiger partial charge in [0, 0.05) is 10.0 Å². The van der Waals surface area contributed by atoms with Crippen LogP contribution in [-0.4, -0.2) is 0 Å². The lowest BCUT2D eigenvalue weighted by atomic mass is 9.69. The third-order valence-corrected chi connectivity index (χ3v) is 7.60. The van der Waals surface area contributed by atoms with Gasteiger partial charge in [-0.2, -0.15) is 0 Å². The summed E-state index contributed by atoms with van der Waals surface area (Å²) in [5.74, 6) is 0. The summed E-state index contributed by atoms with van der Waals surface area (Å²) in [7, 11) is 0. The first-order chi connectivity index (χ1) is 14.8. The van der Waals surface area contributed by atoms with Crippen LogP contribution in [0.15, 0.2) is 108 Å². The van der Waals surface area contributed by atoms with Crippen LogP contribution in [0.3, 0.4) is 0 Å². The normalized spacial score (nSPS) is 17.6. The van der Waals surface area contributed by atoms with Gasteiger partial charge in [-0.25, -0.2) is 0 Å². The lowest BCUT2D eigenvalue weighted by Gasteiger charge is -2.31. The van der Waals surface area contributed by atoms with Gasteiger partial charge in [-0.05, 0) is 55.8 Å². The highest BCUT2D eigenvalue weighted by Gasteiger charge is 2.52. The molecule has 2 aliphatic rings. The summed E-state index contributed by atoms with van der Waals surface area (Å²) in [6.07, 6.45) is 0. The van der Waals surface area contributed by atoms with Gasteiger partial charge in [-0.3, -0.25) is 0 Å². The van der Waals surface area contributed by atoms with Crippen molar-refractivity contribution in [3.8, 4) is 22.3 Å². The van der Waals surface area contributed by atoms with Crippen LogP contribution in [0.1, 0.15) is 22.3 Å². The quantitative estimate of drug-likeness (QED) is 0.222. The van der Waals surface area contributed by atoms with Crippen molar-refractivity contribution in [1.29, 1.82) is 0 Å². The number of benzene rings is 5. The molecule has 5 aromatic carbocycles. The van der Waals surface area contributed by atoms with Gasteiger partial charge in [0.2, 0.25) is 0 Å². The molecule has 0 fully saturated rings. The van der Waals surface area contributed by atoms with E-state index in [0.29, 0.717) is 0 Å². The van der Waals surface area contributed by atoms with Crippen molar-refractivity contribution in [2.75, 3.05) is 0 Å². The van der Waals surface area contributed by atoms with E-state index in [0.717, 1.165) is 4.47 Å². The minimum Gasteiger partial charge on any atom is -0.0619 e. The number of fused-ring (bicyclic) bond motifs is 12. The largest absolute Gasteiger partial charge is 0.0731 e. The average molecular weight is 445 g/mol. The lowest BCUT2D eigenvalue weighted by molar-refractivity contribution is 0.801. The van der Waals surface area contributed by atoms with Crippen LogP contribution in [-0.2, 0) is 5.41 Å².